The number of hydrogen-bond donors (Lipinski definition) is 2. The average Bonchev–Trinajstić information content (AvgIpc) is 2.61. The summed E-state index contributed by atoms with van der Waals surface area (Å²) in [5.74, 6) is -0.393. The lowest BCUT2D eigenvalue weighted by molar-refractivity contribution is 0.0939. The molecule has 4 heteroatoms. The third kappa shape index (κ3) is 5.19. The molecule has 26 heavy (non-hydrogen) atoms. The van der Waals surface area contributed by atoms with Crippen molar-refractivity contribution in [2.24, 2.45) is 0 Å². The second kappa shape index (κ2) is 8.17. The first-order chi connectivity index (χ1) is 12.2. The van der Waals surface area contributed by atoms with Gasteiger partial charge in [-0.3, -0.25) is 9.59 Å². The molecule has 1 unspecified atom stereocenters. The van der Waals surface area contributed by atoms with Crippen molar-refractivity contribution < 1.29 is 9.59 Å². The van der Waals surface area contributed by atoms with Gasteiger partial charge in [-0.15, -0.1) is 0 Å². The maximum absolute atomic E-state index is 12.5. The highest BCUT2D eigenvalue weighted by Crippen LogP contribution is 2.23. The molecule has 2 aromatic rings. The Balaban J connectivity index is 2.10. The number of carbonyl (C=O) groups excluding carboxylic acids is 2. The van der Waals surface area contributed by atoms with Crippen LogP contribution >= 0.6 is 0 Å². The second-order valence-corrected chi connectivity index (χ2v) is 7.65. The van der Waals surface area contributed by atoms with E-state index in [1.54, 1.807) is 24.3 Å². The molecule has 0 spiro atoms. The van der Waals surface area contributed by atoms with Gasteiger partial charge in [0.2, 0.25) is 0 Å². The number of benzene rings is 2. The molecule has 1 atom stereocenters. The van der Waals surface area contributed by atoms with Crippen molar-refractivity contribution in [3.63, 3.8) is 0 Å². The van der Waals surface area contributed by atoms with Crippen molar-refractivity contribution in [1.29, 1.82) is 0 Å². The fourth-order valence-corrected chi connectivity index (χ4v) is 2.47. The zero-order valence-electron chi connectivity index (χ0n) is 16.2. The van der Waals surface area contributed by atoms with E-state index in [-0.39, 0.29) is 23.3 Å². The van der Waals surface area contributed by atoms with Gasteiger partial charge in [-0.2, -0.15) is 0 Å². The molecular formula is C22H28N2O2. The van der Waals surface area contributed by atoms with E-state index in [9.17, 15) is 9.59 Å². The van der Waals surface area contributed by atoms with Crippen LogP contribution < -0.4 is 10.6 Å². The minimum atomic E-state index is -0.230. The largest absolute Gasteiger partial charge is 0.350 e. The third-order valence-corrected chi connectivity index (χ3v) is 4.39. The molecule has 0 heterocycles. The Morgan fingerprint density at radius 2 is 1.54 bits per heavy atom. The highest BCUT2D eigenvalue weighted by Gasteiger charge is 2.14. The molecule has 2 aromatic carbocycles. The van der Waals surface area contributed by atoms with Gasteiger partial charge in [-0.1, -0.05) is 45.9 Å². The standard InChI is InChI=1S/C22H28N2O2/c1-6-15(2)23-20(25)16-8-7-9-17(14-16)21(26)24-19-12-10-18(11-13-19)22(3,4)5/h7-15H,6H2,1-5H3,(H,23,25)(H,24,26). The Labute approximate surface area is 156 Å². The van der Waals surface area contributed by atoms with Crippen molar-refractivity contribution in [2.45, 2.75) is 52.5 Å². The molecule has 0 saturated carbocycles. The minimum absolute atomic E-state index is 0.0693. The Hall–Kier alpha value is -2.62. The summed E-state index contributed by atoms with van der Waals surface area (Å²) >= 11 is 0. The molecule has 0 aliphatic carbocycles. The van der Waals surface area contributed by atoms with Crippen molar-refractivity contribution in [3.8, 4) is 0 Å². The smallest absolute Gasteiger partial charge is 0.255 e. The van der Waals surface area contributed by atoms with Gasteiger partial charge < -0.3 is 10.6 Å². The normalized spacial score (nSPS) is 12.3. The number of amides is 2. The van der Waals surface area contributed by atoms with Crippen LogP contribution in [0.2, 0.25) is 0 Å². The van der Waals surface area contributed by atoms with Gasteiger partial charge in [-0.05, 0) is 54.7 Å². The van der Waals surface area contributed by atoms with E-state index in [4.69, 9.17) is 0 Å². The van der Waals surface area contributed by atoms with Crippen molar-refractivity contribution in [1.82, 2.24) is 5.32 Å². The van der Waals surface area contributed by atoms with E-state index < -0.39 is 0 Å². The quantitative estimate of drug-likeness (QED) is 0.815. The van der Waals surface area contributed by atoms with E-state index in [2.05, 4.69) is 31.4 Å². The Bertz CT molecular complexity index is 773. The summed E-state index contributed by atoms with van der Waals surface area (Å²) in [7, 11) is 0. The van der Waals surface area contributed by atoms with Gasteiger partial charge in [0.05, 0.1) is 0 Å². The van der Waals surface area contributed by atoms with Crippen molar-refractivity contribution in [2.75, 3.05) is 5.32 Å². The van der Waals surface area contributed by atoms with Gasteiger partial charge in [-0.25, -0.2) is 0 Å². The molecule has 0 aliphatic heterocycles. The molecule has 2 rings (SSSR count). The molecule has 138 valence electrons. The van der Waals surface area contributed by atoms with E-state index in [0.717, 1.165) is 12.1 Å². The maximum atomic E-state index is 12.5. The molecule has 0 radical (unpaired) electrons. The lowest BCUT2D eigenvalue weighted by atomic mass is 9.87. The Morgan fingerprint density at radius 1 is 0.962 bits per heavy atom. The van der Waals surface area contributed by atoms with Crippen LogP contribution in [0.5, 0.6) is 0 Å². The predicted octanol–water partition coefficient (Wildman–Crippen LogP) is 4.76. The summed E-state index contributed by atoms with van der Waals surface area (Å²) in [6.07, 6.45) is 0.858. The van der Waals surface area contributed by atoms with E-state index >= 15 is 0 Å². The zero-order chi connectivity index (χ0) is 19.3. The Kier molecular flexibility index (Phi) is 6.19. The van der Waals surface area contributed by atoms with Gasteiger partial charge in [0.15, 0.2) is 0 Å². The van der Waals surface area contributed by atoms with E-state index in [0.29, 0.717) is 11.1 Å². The molecule has 0 aromatic heterocycles. The van der Waals surface area contributed by atoms with Crippen LogP contribution in [0.4, 0.5) is 5.69 Å². The monoisotopic (exact) mass is 352 g/mol. The third-order valence-electron chi connectivity index (χ3n) is 4.39. The lowest BCUT2D eigenvalue weighted by Gasteiger charge is -2.19. The van der Waals surface area contributed by atoms with Crippen molar-refractivity contribution >= 4 is 17.5 Å². The minimum Gasteiger partial charge on any atom is -0.350 e. The Morgan fingerprint density at radius 3 is 2.08 bits per heavy atom. The van der Waals surface area contributed by atoms with E-state index in [1.165, 1.54) is 5.56 Å². The van der Waals surface area contributed by atoms with E-state index in [1.807, 2.05) is 38.1 Å². The first kappa shape index (κ1) is 19.7. The van der Waals surface area contributed by atoms with Gasteiger partial charge in [0.1, 0.15) is 0 Å². The topological polar surface area (TPSA) is 58.2 Å². The summed E-state index contributed by atoms with van der Waals surface area (Å²) in [6.45, 7) is 10.4. The first-order valence-corrected chi connectivity index (χ1v) is 9.03. The summed E-state index contributed by atoms with van der Waals surface area (Å²) < 4.78 is 0. The second-order valence-electron chi connectivity index (χ2n) is 7.65. The molecule has 0 bridgehead atoms. The van der Waals surface area contributed by atoms with Crippen LogP contribution in [0.3, 0.4) is 0 Å². The van der Waals surface area contributed by atoms with Crippen LogP contribution in [-0.2, 0) is 5.41 Å². The predicted molar refractivity (Wildman–Crippen MR) is 107 cm³/mol. The highest BCUT2D eigenvalue weighted by atomic mass is 16.2. The van der Waals surface area contributed by atoms with Crippen LogP contribution in [0.1, 0.15) is 67.3 Å². The number of rotatable bonds is 5. The fraction of sp³-hybridized carbons (Fsp3) is 0.364. The van der Waals surface area contributed by atoms with Gasteiger partial charge >= 0.3 is 0 Å². The number of hydrogen-bond acceptors (Lipinski definition) is 2. The fourth-order valence-electron chi connectivity index (χ4n) is 2.47. The molecule has 0 fully saturated rings. The number of anilines is 1. The van der Waals surface area contributed by atoms with Crippen LogP contribution in [0.25, 0.3) is 0 Å². The summed E-state index contributed by atoms with van der Waals surface area (Å²) in [5.41, 5.74) is 2.96. The average molecular weight is 352 g/mol. The highest BCUT2D eigenvalue weighted by molar-refractivity contribution is 6.06. The molecule has 4 nitrogen and oxygen atoms in total. The zero-order valence-corrected chi connectivity index (χ0v) is 16.2. The summed E-state index contributed by atoms with van der Waals surface area (Å²) in [4.78, 5) is 24.7. The molecule has 0 saturated heterocycles. The maximum Gasteiger partial charge on any atom is 0.255 e. The molecular weight excluding hydrogens is 324 g/mol. The van der Waals surface area contributed by atoms with Gasteiger partial charge in [0.25, 0.3) is 11.8 Å². The molecule has 0 aliphatic rings. The van der Waals surface area contributed by atoms with Crippen LogP contribution in [0.15, 0.2) is 48.5 Å². The van der Waals surface area contributed by atoms with Crippen molar-refractivity contribution in [3.05, 3.63) is 65.2 Å². The lowest BCUT2D eigenvalue weighted by Crippen LogP contribution is -2.32. The molecule has 2 N–H and O–H groups in total. The first-order valence-electron chi connectivity index (χ1n) is 9.03. The molecule has 2 amide bonds. The van der Waals surface area contributed by atoms with Crippen LogP contribution in [0, 0.1) is 0 Å². The number of nitrogens with one attached hydrogen (secondary N) is 2. The SMILES string of the molecule is CCC(C)NC(=O)c1cccc(C(=O)Nc2ccc(C(C)(C)C)cc2)c1. The van der Waals surface area contributed by atoms with Crippen LogP contribution in [-0.4, -0.2) is 17.9 Å². The summed E-state index contributed by atoms with van der Waals surface area (Å²) in [5, 5.41) is 5.80. The van der Waals surface area contributed by atoms with Gasteiger partial charge in [0, 0.05) is 22.9 Å². The number of carbonyl (C=O) groups is 2. The summed E-state index contributed by atoms with van der Waals surface area (Å²) in [6, 6.07) is 14.7.